The third kappa shape index (κ3) is 1.58. The second kappa shape index (κ2) is 3.44. The van der Waals surface area contributed by atoms with Crippen LogP contribution in [0.4, 0.5) is 13.2 Å². The fraction of sp³-hybridized carbons (Fsp3) is 0.143. The van der Waals surface area contributed by atoms with Gasteiger partial charge in [0, 0.05) is 16.5 Å². The van der Waals surface area contributed by atoms with Gasteiger partial charge in [0.1, 0.15) is 0 Å². The van der Waals surface area contributed by atoms with Gasteiger partial charge in [0.2, 0.25) is 11.6 Å². The van der Waals surface area contributed by atoms with Gasteiger partial charge in [-0.1, -0.05) is 6.07 Å². The highest BCUT2D eigenvalue weighted by atomic mass is 19.4. The van der Waals surface area contributed by atoms with Crippen molar-refractivity contribution in [2.75, 3.05) is 0 Å². The standard InChI is InChI=1S/C14H7F3O2/c1-6-2-7-4-8(14(15,16)17)5-10-11(7)9(3-6)12(18)13(10)19/h2-5H,1H3. The van der Waals surface area contributed by atoms with Crippen LogP contribution in [0, 0.1) is 6.92 Å². The lowest BCUT2D eigenvalue weighted by Gasteiger charge is -2.09. The van der Waals surface area contributed by atoms with Gasteiger partial charge in [0.05, 0.1) is 5.56 Å². The topological polar surface area (TPSA) is 34.1 Å². The van der Waals surface area contributed by atoms with Crippen LogP contribution in [0.15, 0.2) is 24.3 Å². The molecule has 0 N–H and O–H groups in total. The van der Waals surface area contributed by atoms with E-state index in [1.54, 1.807) is 13.0 Å². The highest BCUT2D eigenvalue weighted by Gasteiger charge is 2.36. The van der Waals surface area contributed by atoms with Crippen LogP contribution in [-0.4, -0.2) is 11.6 Å². The van der Waals surface area contributed by atoms with Crippen molar-refractivity contribution in [1.82, 2.24) is 0 Å². The van der Waals surface area contributed by atoms with E-state index in [0.29, 0.717) is 10.9 Å². The molecule has 0 bridgehead atoms. The van der Waals surface area contributed by atoms with Crippen molar-refractivity contribution in [3.05, 3.63) is 46.5 Å². The summed E-state index contributed by atoms with van der Waals surface area (Å²) in [7, 11) is 0. The van der Waals surface area contributed by atoms with E-state index < -0.39 is 23.3 Å². The fourth-order valence-corrected chi connectivity index (χ4v) is 2.43. The van der Waals surface area contributed by atoms with Crippen LogP contribution in [0.5, 0.6) is 0 Å². The lowest BCUT2D eigenvalue weighted by atomic mass is 9.99. The monoisotopic (exact) mass is 264 g/mol. The minimum absolute atomic E-state index is 0.148. The molecule has 0 heterocycles. The molecule has 0 aliphatic heterocycles. The molecule has 19 heavy (non-hydrogen) atoms. The van der Waals surface area contributed by atoms with Crippen molar-refractivity contribution >= 4 is 22.3 Å². The van der Waals surface area contributed by atoms with E-state index in [1.165, 1.54) is 6.07 Å². The van der Waals surface area contributed by atoms with Gasteiger partial charge in [-0.15, -0.1) is 0 Å². The second-order valence-electron chi connectivity index (χ2n) is 4.59. The van der Waals surface area contributed by atoms with Crippen molar-refractivity contribution in [3.8, 4) is 0 Å². The molecule has 0 radical (unpaired) electrons. The van der Waals surface area contributed by atoms with Crippen LogP contribution in [0.25, 0.3) is 10.8 Å². The molecule has 3 rings (SSSR count). The molecule has 1 aliphatic rings. The molecule has 0 saturated heterocycles. The summed E-state index contributed by atoms with van der Waals surface area (Å²) in [4.78, 5) is 23.5. The third-order valence-corrected chi connectivity index (χ3v) is 3.22. The number of rotatable bonds is 0. The SMILES string of the molecule is Cc1cc2c3c(cc(C(F)(F)F)cc3c1)C(=O)C2=O. The number of halogens is 3. The summed E-state index contributed by atoms with van der Waals surface area (Å²) < 4.78 is 38.3. The first-order chi connectivity index (χ1) is 8.79. The number of carbonyl (C=O) groups is 2. The minimum Gasteiger partial charge on any atom is -0.285 e. The lowest BCUT2D eigenvalue weighted by molar-refractivity contribution is -0.137. The quantitative estimate of drug-likeness (QED) is 0.682. The van der Waals surface area contributed by atoms with E-state index in [2.05, 4.69) is 0 Å². The molecule has 1 aliphatic carbocycles. The van der Waals surface area contributed by atoms with Gasteiger partial charge in [0.15, 0.2) is 0 Å². The number of alkyl halides is 3. The van der Waals surface area contributed by atoms with Crippen molar-refractivity contribution in [2.45, 2.75) is 13.1 Å². The molecular formula is C14H7F3O2. The van der Waals surface area contributed by atoms with Crippen LogP contribution in [0.2, 0.25) is 0 Å². The first kappa shape index (κ1) is 11.9. The summed E-state index contributed by atoms with van der Waals surface area (Å²) in [5, 5.41) is 0.604. The predicted molar refractivity (Wildman–Crippen MR) is 62.3 cm³/mol. The normalized spacial score (nSPS) is 14.5. The summed E-state index contributed by atoms with van der Waals surface area (Å²) in [6.45, 7) is 1.67. The Balaban J connectivity index is 2.47. The van der Waals surface area contributed by atoms with E-state index in [9.17, 15) is 22.8 Å². The Hall–Kier alpha value is -2.17. The van der Waals surface area contributed by atoms with Gasteiger partial charge in [-0.3, -0.25) is 9.59 Å². The zero-order valence-corrected chi connectivity index (χ0v) is 9.76. The molecule has 2 aromatic carbocycles. The minimum atomic E-state index is -4.54. The number of aryl methyl sites for hydroxylation is 1. The molecule has 0 aromatic heterocycles. The highest BCUT2D eigenvalue weighted by Crippen LogP contribution is 2.38. The van der Waals surface area contributed by atoms with E-state index in [1.807, 2.05) is 0 Å². The highest BCUT2D eigenvalue weighted by molar-refractivity contribution is 6.57. The van der Waals surface area contributed by atoms with Gasteiger partial charge < -0.3 is 0 Å². The second-order valence-corrected chi connectivity index (χ2v) is 4.59. The van der Waals surface area contributed by atoms with Crippen LogP contribution in [0.1, 0.15) is 31.8 Å². The Morgan fingerprint density at radius 3 is 2.05 bits per heavy atom. The molecule has 0 fully saturated rings. The molecule has 2 nitrogen and oxygen atoms in total. The van der Waals surface area contributed by atoms with Gasteiger partial charge >= 0.3 is 6.18 Å². The zero-order valence-electron chi connectivity index (χ0n) is 9.76. The van der Waals surface area contributed by atoms with E-state index in [-0.39, 0.29) is 16.5 Å². The van der Waals surface area contributed by atoms with Crippen LogP contribution in [-0.2, 0) is 6.18 Å². The predicted octanol–water partition coefficient (Wildman–Crippen LogP) is 3.55. The Bertz CT molecular complexity index is 757. The average Bonchev–Trinajstić information content (AvgIpc) is 2.54. The van der Waals surface area contributed by atoms with Crippen LogP contribution >= 0.6 is 0 Å². The first-order valence-corrected chi connectivity index (χ1v) is 5.53. The molecule has 0 spiro atoms. The Labute approximate surface area is 105 Å². The maximum atomic E-state index is 12.8. The van der Waals surface area contributed by atoms with Crippen molar-refractivity contribution in [2.24, 2.45) is 0 Å². The molecule has 5 heteroatoms. The maximum Gasteiger partial charge on any atom is 0.416 e. The Morgan fingerprint density at radius 1 is 0.895 bits per heavy atom. The number of hydrogen-bond donors (Lipinski definition) is 0. The Kier molecular flexibility index (Phi) is 2.15. The zero-order chi connectivity index (χ0) is 13.9. The van der Waals surface area contributed by atoms with E-state index in [4.69, 9.17) is 0 Å². The third-order valence-electron chi connectivity index (χ3n) is 3.22. The number of benzene rings is 2. The summed E-state index contributed by atoms with van der Waals surface area (Å²) in [5.41, 5.74) is -0.209. The summed E-state index contributed by atoms with van der Waals surface area (Å²) in [5.74, 6) is -1.60. The molecule has 0 atom stereocenters. The smallest absolute Gasteiger partial charge is 0.285 e. The molecule has 0 saturated carbocycles. The largest absolute Gasteiger partial charge is 0.416 e. The number of hydrogen-bond acceptors (Lipinski definition) is 2. The molecule has 0 unspecified atom stereocenters. The van der Waals surface area contributed by atoms with E-state index >= 15 is 0 Å². The summed E-state index contributed by atoms with van der Waals surface area (Å²) in [6.07, 6.45) is -4.54. The molecule has 96 valence electrons. The fourth-order valence-electron chi connectivity index (χ4n) is 2.43. The first-order valence-electron chi connectivity index (χ1n) is 5.53. The number of ketones is 2. The lowest BCUT2D eigenvalue weighted by Crippen LogP contribution is -2.09. The van der Waals surface area contributed by atoms with Gasteiger partial charge in [-0.2, -0.15) is 13.2 Å². The summed E-state index contributed by atoms with van der Waals surface area (Å²) in [6, 6.07) is 4.81. The van der Waals surface area contributed by atoms with Crippen LogP contribution < -0.4 is 0 Å². The number of Topliss-reactive ketones (excluding diaryl/α,β-unsaturated/α-hetero) is 2. The van der Waals surface area contributed by atoms with Gasteiger partial charge in [0.25, 0.3) is 0 Å². The molecular weight excluding hydrogens is 257 g/mol. The maximum absolute atomic E-state index is 12.8. The molecule has 0 amide bonds. The average molecular weight is 264 g/mol. The van der Waals surface area contributed by atoms with Crippen molar-refractivity contribution in [3.63, 3.8) is 0 Å². The van der Waals surface area contributed by atoms with Gasteiger partial charge in [-0.05, 0) is 36.1 Å². The Morgan fingerprint density at radius 2 is 1.47 bits per heavy atom. The van der Waals surface area contributed by atoms with Gasteiger partial charge in [-0.25, -0.2) is 0 Å². The number of carbonyl (C=O) groups excluding carboxylic acids is 2. The van der Waals surface area contributed by atoms with Crippen molar-refractivity contribution in [1.29, 1.82) is 0 Å². The van der Waals surface area contributed by atoms with E-state index in [0.717, 1.165) is 12.1 Å². The molecule has 2 aromatic rings. The van der Waals surface area contributed by atoms with Crippen LogP contribution in [0.3, 0.4) is 0 Å². The van der Waals surface area contributed by atoms with Crippen molar-refractivity contribution < 1.29 is 22.8 Å². The summed E-state index contributed by atoms with van der Waals surface area (Å²) >= 11 is 0.